The molecule has 0 fully saturated rings. The Bertz CT molecular complexity index is 693. The number of hydrogen-bond acceptors (Lipinski definition) is 4. The van der Waals surface area contributed by atoms with Crippen LogP contribution in [0.2, 0.25) is 0 Å². The van der Waals surface area contributed by atoms with Crippen LogP contribution in [-0.4, -0.2) is 35.1 Å². The third-order valence-corrected chi connectivity index (χ3v) is 3.69. The fourth-order valence-electron chi connectivity index (χ4n) is 2.27. The molecule has 2 aromatic rings. The van der Waals surface area contributed by atoms with E-state index in [0.29, 0.717) is 12.1 Å². The van der Waals surface area contributed by atoms with Gasteiger partial charge in [-0.05, 0) is 17.2 Å². The molecular formula is C17H18F3N3O2. The first-order chi connectivity index (χ1) is 12.0. The summed E-state index contributed by atoms with van der Waals surface area (Å²) in [5.41, 5.74) is 8.16. The summed E-state index contributed by atoms with van der Waals surface area (Å²) in [6.07, 6.45) is -3.06. The number of rotatable bonds is 7. The second-order valence-electron chi connectivity index (χ2n) is 5.38. The van der Waals surface area contributed by atoms with Crippen molar-refractivity contribution in [1.29, 1.82) is 0 Å². The second-order valence-corrected chi connectivity index (χ2v) is 5.38. The molecule has 0 aliphatic rings. The van der Waals surface area contributed by atoms with E-state index in [1.165, 1.54) is 12.1 Å². The minimum atomic E-state index is -3.27. The fourth-order valence-corrected chi connectivity index (χ4v) is 2.27. The molecule has 0 aliphatic carbocycles. The normalized spacial score (nSPS) is 13.5. The molecule has 5 nitrogen and oxygen atoms in total. The van der Waals surface area contributed by atoms with Crippen LogP contribution in [0.4, 0.5) is 13.2 Å². The van der Waals surface area contributed by atoms with Crippen LogP contribution in [0, 0.1) is 0 Å². The number of hydrogen-bond donors (Lipinski definition) is 3. The van der Waals surface area contributed by atoms with E-state index in [4.69, 9.17) is 5.73 Å². The predicted octanol–water partition coefficient (Wildman–Crippen LogP) is 1.96. The van der Waals surface area contributed by atoms with Gasteiger partial charge in [-0.1, -0.05) is 30.3 Å². The first-order valence-electron chi connectivity index (χ1n) is 7.54. The van der Waals surface area contributed by atoms with Gasteiger partial charge in [-0.25, -0.2) is 4.39 Å². The summed E-state index contributed by atoms with van der Waals surface area (Å²) in [5, 5.41) is 11.9. The lowest BCUT2D eigenvalue weighted by Crippen LogP contribution is -2.43. The predicted molar refractivity (Wildman–Crippen MR) is 86.4 cm³/mol. The van der Waals surface area contributed by atoms with Gasteiger partial charge in [-0.15, -0.1) is 0 Å². The first-order valence-corrected chi connectivity index (χ1v) is 7.54. The molecule has 1 amide bonds. The fraction of sp³-hybridized carbons (Fsp3) is 0.294. The molecule has 134 valence electrons. The Balaban J connectivity index is 2.12. The molecule has 25 heavy (non-hydrogen) atoms. The summed E-state index contributed by atoms with van der Waals surface area (Å²) < 4.78 is 37.5. The van der Waals surface area contributed by atoms with Crippen molar-refractivity contribution in [2.75, 3.05) is 6.67 Å². The lowest BCUT2D eigenvalue weighted by atomic mass is 9.99. The maximum absolute atomic E-state index is 13.0. The molecule has 2 rings (SSSR count). The smallest absolute Gasteiger partial charge is 0.315 e. The number of benzene rings is 1. The van der Waals surface area contributed by atoms with Crippen LogP contribution in [0.25, 0.3) is 11.1 Å². The highest BCUT2D eigenvalue weighted by atomic mass is 19.3. The number of nitrogens with zero attached hydrogens (tertiary/aromatic N) is 1. The lowest BCUT2D eigenvalue weighted by molar-refractivity contribution is -0.133. The largest absolute Gasteiger partial charge is 0.386 e. The Kier molecular flexibility index (Phi) is 6.49. The van der Waals surface area contributed by atoms with Crippen molar-refractivity contribution in [3.63, 3.8) is 0 Å². The van der Waals surface area contributed by atoms with E-state index in [-0.39, 0.29) is 0 Å². The summed E-state index contributed by atoms with van der Waals surface area (Å²) in [4.78, 5) is 15.2. The van der Waals surface area contributed by atoms with E-state index >= 15 is 0 Å². The number of carbonyl (C=O) groups excluding carboxylic acids is 1. The topological polar surface area (TPSA) is 88.2 Å². The van der Waals surface area contributed by atoms with Crippen molar-refractivity contribution in [3.05, 3.63) is 53.9 Å². The summed E-state index contributed by atoms with van der Waals surface area (Å²) in [6.45, 7) is -0.841. The summed E-state index contributed by atoms with van der Waals surface area (Å²) in [6, 6.07) is 8.62. The molecule has 0 saturated carbocycles. The van der Waals surface area contributed by atoms with Crippen LogP contribution in [-0.2, 0) is 11.3 Å². The van der Waals surface area contributed by atoms with E-state index in [0.717, 1.165) is 16.8 Å². The van der Waals surface area contributed by atoms with Gasteiger partial charge < -0.3 is 16.2 Å². The van der Waals surface area contributed by atoms with Gasteiger partial charge in [0.25, 0.3) is 5.91 Å². The molecule has 2 atom stereocenters. The molecule has 0 bridgehead atoms. The van der Waals surface area contributed by atoms with Gasteiger partial charge >= 0.3 is 6.43 Å². The van der Waals surface area contributed by atoms with E-state index in [9.17, 15) is 23.1 Å². The van der Waals surface area contributed by atoms with Crippen LogP contribution in [0.3, 0.4) is 0 Å². The molecule has 1 aromatic carbocycles. The average Bonchev–Trinajstić information content (AvgIpc) is 2.65. The number of alkyl halides is 3. The van der Waals surface area contributed by atoms with Gasteiger partial charge in [-0.3, -0.25) is 9.78 Å². The van der Waals surface area contributed by atoms with Gasteiger partial charge in [0.15, 0.2) is 0 Å². The minimum Gasteiger partial charge on any atom is -0.386 e. The van der Waals surface area contributed by atoms with E-state index in [2.05, 4.69) is 4.98 Å². The van der Waals surface area contributed by atoms with Crippen molar-refractivity contribution < 1.29 is 23.1 Å². The number of nitrogens with one attached hydrogen (secondary N) is 1. The van der Waals surface area contributed by atoms with Gasteiger partial charge in [0.2, 0.25) is 0 Å². The molecular weight excluding hydrogens is 335 g/mol. The minimum absolute atomic E-state index is 0.299. The highest BCUT2D eigenvalue weighted by Crippen LogP contribution is 2.23. The van der Waals surface area contributed by atoms with Crippen LogP contribution in [0.15, 0.2) is 42.6 Å². The summed E-state index contributed by atoms with van der Waals surface area (Å²) in [7, 11) is 0. The molecule has 0 saturated heterocycles. The molecule has 0 radical (unpaired) electrons. The van der Waals surface area contributed by atoms with Crippen molar-refractivity contribution in [2.45, 2.75) is 25.1 Å². The quantitative estimate of drug-likeness (QED) is 0.710. The molecule has 1 aromatic heterocycles. The van der Waals surface area contributed by atoms with E-state index < -0.39 is 31.2 Å². The number of carbonyl (C=O) groups is 1. The molecule has 0 spiro atoms. The zero-order chi connectivity index (χ0) is 18.4. The van der Waals surface area contributed by atoms with Gasteiger partial charge in [0, 0.05) is 18.3 Å². The zero-order valence-electron chi connectivity index (χ0n) is 13.2. The average molecular weight is 353 g/mol. The number of halogens is 3. The van der Waals surface area contributed by atoms with E-state index in [1.807, 2.05) is 6.07 Å². The van der Waals surface area contributed by atoms with Crippen LogP contribution < -0.4 is 11.1 Å². The van der Waals surface area contributed by atoms with E-state index in [1.54, 1.807) is 29.7 Å². The van der Waals surface area contributed by atoms with Crippen molar-refractivity contribution in [2.24, 2.45) is 5.73 Å². The highest BCUT2D eigenvalue weighted by Gasteiger charge is 2.26. The Morgan fingerprint density at radius 2 is 1.80 bits per heavy atom. The van der Waals surface area contributed by atoms with Gasteiger partial charge in [0.1, 0.15) is 12.8 Å². The number of pyridine rings is 1. The van der Waals surface area contributed by atoms with Crippen LogP contribution >= 0.6 is 0 Å². The molecule has 8 heteroatoms. The van der Waals surface area contributed by atoms with Gasteiger partial charge in [0.05, 0.1) is 11.7 Å². The van der Waals surface area contributed by atoms with Gasteiger partial charge in [-0.2, -0.15) is 8.78 Å². The highest BCUT2D eigenvalue weighted by molar-refractivity contribution is 5.79. The standard InChI is InChI=1S/C17H18F3N3O2/c18-7-14(23-17(25)16(19)20)15(24)11-3-1-10(2-4-11)12-5-6-13(8-21)22-9-12/h1-6,9,14-16,24H,7-8,21H2,(H,23,25). The Hall–Kier alpha value is -2.45. The monoisotopic (exact) mass is 353 g/mol. The lowest BCUT2D eigenvalue weighted by Gasteiger charge is -2.22. The van der Waals surface area contributed by atoms with Crippen LogP contribution in [0.1, 0.15) is 17.4 Å². The molecule has 1 heterocycles. The summed E-state index contributed by atoms with van der Waals surface area (Å²) >= 11 is 0. The number of amides is 1. The molecule has 4 N–H and O–H groups in total. The van der Waals surface area contributed by atoms with Crippen LogP contribution in [0.5, 0.6) is 0 Å². The molecule has 0 aliphatic heterocycles. The summed E-state index contributed by atoms with van der Waals surface area (Å²) in [5.74, 6) is -1.62. The Morgan fingerprint density at radius 3 is 2.28 bits per heavy atom. The number of aromatic nitrogens is 1. The number of nitrogens with two attached hydrogens (primary N) is 1. The first kappa shape index (κ1) is 18.9. The third-order valence-electron chi connectivity index (χ3n) is 3.69. The maximum atomic E-state index is 13.0. The SMILES string of the molecule is NCc1ccc(-c2ccc(C(O)C(CF)NC(=O)C(F)F)cc2)cn1. The maximum Gasteiger partial charge on any atom is 0.315 e. The number of aliphatic hydroxyl groups is 1. The van der Waals surface area contributed by atoms with Crippen molar-refractivity contribution >= 4 is 5.91 Å². The van der Waals surface area contributed by atoms with Crippen molar-refractivity contribution in [1.82, 2.24) is 10.3 Å². The number of aliphatic hydroxyl groups excluding tert-OH is 1. The Labute approximate surface area is 142 Å². The third kappa shape index (κ3) is 4.77. The molecule has 2 unspecified atom stereocenters. The van der Waals surface area contributed by atoms with Crippen molar-refractivity contribution in [3.8, 4) is 11.1 Å². The Morgan fingerprint density at radius 1 is 1.16 bits per heavy atom. The zero-order valence-corrected chi connectivity index (χ0v) is 13.2. The second kappa shape index (κ2) is 8.59.